The highest BCUT2D eigenvalue weighted by atomic mass is 19.1. The van der Waals surface area contributed by atoms with Gasteiger partial charge in [-0.15, -0.1) is 0 Å². The first-order valence-corrected chi connectivity index (χ1v) is 5.30. The van der Waals surface area contributed by atoms with E-state index >= 15 is 0 Å². The van der Waals surface area contributed by atoms with Crippen molar-refractivity contribution in [2.24, 2.45) is 0 Å². The lowest BCUT2D eigenvalue weighted by Gasteiger charge is -2.38. The third-order valence-electron chi connectivity index (χ3n) is 2.93. The summed E-state index contributed by atoms with van der Waals surface area (Å²) in [7, 11) is 1.51. The molecule has 0 unspecified atom stereocenters. The Labute approximate surface area is 94.2 Å². The molecule has 0 saturated carbocycles. The Kier molecular flexibility index (Phi) is 2.86. The molecule has 0 aromatic heterocycles. The molecule has 0 spiro atoms. The first kappa shape index (κ1) is 11.4. The summed E-state index contributed by atoms with van der Waals surface area (Å²) in [5.74, 6) is 0.204. The van der Waals surface area contributed by atoms with Crippen LogP contribution in [0.1, 0.15) is 11.1 Å². The molecule has 2 rings (SSSR count). The minimum absolute atomic E-state index is 0.287. The van der Waals surface area contributed by atoms with Crippen molar-refractivity contribution in [1.29, 1.82) is 0 Å². The third-order valence-corrected chi connectivity index (χ3v) is 2.93. The molecule has 0 radical (unpaired) electrons. The van der Waals surface area contributed by atoms with Crippen molar-refractivity contribution in [3.8, 4) is 5.75 Å². The molecule has 4 heteroatoms. The van der Waals surface area contributed by atoms with Crippen LogP contribution in [0.15, 0.2) is 12.1 Å². The first-order chi connectivity index (χ1) is 7.54. The van der Waals surface area contributed by atoms with Gasteiger partial charge in [0.25, 0.3) is 0 Å². The Bertz CT molecular complexity index is 402. The zero-order valence-corrected chi connectivity index (χ0v) is 9.51. The maximum atomic E-state index is 13.8. The topological polar surface area (TPSA) is 41.5 Å². The number of aryl methyl sites for hydroxylation is 1. The molecule has 0 atom stereocenters. The molecule has 0 amide bonds. The van der Waals surface area contributed by atoms with E-state index in [0.717, 1.165) is 5.56 Å². The summed E-state index contributed by atoms with van der Waals surface area (Å²) in [4.78, 5) is 0. The van der Waals surface area contributed by atoms with E-state index in [0.29, 0.717) is 24.4 Å². The monoisotopic (exact) mass is 225 g/mol. The Hall–Kier alpha value is -1.13. The van der Waals surface area contributed by atoms with Crippen LogP contribution in [-0.4, -0.2) is 30.9 Å². The second-order valence-electron chi connectivity index (χ2n) is 4.43. The molecule has 3 nitrogen and oxygen atoms in total. The molecule has 1 aliphatic rings. The zero-order chi connectivity index (χ0) is 11.8. The molecular weight excluding hydrogens is 209 g/mol. The highest BCUT2D eigenvalue weighted by molar-refractivity contribution is 5.39. The number of nitrogens with one attached hydrogen (secondary N) is 1. The van der Waals surface area contributed by atoms with Crippen molar-refractivity contribution in [3.63, 3.8) is 0 Å². The lowest BCUT2D eigenvalue weighted by molar-refractivity contribution is -0.0101. The molecule has 1 fully saturated rings. The standard InChI is InChI=1S/C12H16FNO2/c1-8-3-10(13)9(11(4-8)16-2)5-12(15)6-14-7-12/h3-4,14-15H,5-7H2,1-2H3. The van der Waals surface area contributed by atoms with Gasteiger partial charge in [0.1, 0.15) is 11.6 Å². The lowest BCUT2D eigenvalue weighted by atomic mass is 9.88. The van der Waals surface area contributed by atoms with Crippen LogP contribution >= 0.6 is 0 Å². The number of halogens is 1. The summed E-state index contributed by atoms with van der Waals surface area (Å²) in [6, 6.07) is 3.25. The Morgan fingerprint density at radius 2 is 2.19 bits per heavy atom. The average Bonchev–Trinajstić information content (AvgIpc) is 2.19. The van der Waals surface area contributed by atoms with Crippen LogP contribution in [0.4, 0.5) is 4.39 Å². The van der Waals surface area contributed by atoms with E-state index in [-0.39, 0.29) is 12.2 Å². The first-order valence-electron chi connectivity index (χ1n) is 5.30. The Morgan fingerprint density at radius 1 is 1.50 bits per heavy atom. The Balaban J connectivity index is 2.31. The molecular formula is C12H16FNO2. The number of hydrogen-bond donors (Lipinski definition) is 2. The number of β-amino-alcohol motifs (C(OH)–C–C–N with tert-alkyl or cyclic N) is 1. The van der Waals surface area contributed by atoms with Gasteiger partial charge < -0.3 is 15.2 Å². The molecule has 0 bridgehead atoms. The second-order valence-corrected chi connectivity index (χ2v) is 4.43. The van der Waals surface area contributed by atoms with Gasteiger partial charge in [0, 0.05) is 25.1 Å². The van der Waals surface area contributed by atoms with E-state index in [2.05, 4.69) is 5.32 Å². The number of aliphatic hydroxyl groups is 1. The fraction of sp³-hybridized carbons (Fsp3) is 0.500. The number of hydrogen-bond acceptors (Lipinski definition) is 3. The molecule has 1 aromatic carbocycles. The summed E-state index contributed by atoms with van der Waals surface area (Å²) in [6.45, 7) is 2.82. The van der Waals surface area contributed by atoms with Gasteiger partial charge in [-0.1, -0.05) is 0 Å². The molecule has 1 aromatic rings. The predicted octanol–water partition coefficient (Wildman–Crippen LogP) is 1.02. The fourth-order valence-electron chi connectivity index (χ4n) is 1.96. The van der Waals surface area contributed by atoms with Crippen LogP contribution in [0.25, 0.3) is 0 Å². The van der Waals surface area contributed by atoms with Crippen molar-refractivity contribution in [2.75, 3.05) is 20.2 Å². The molecule has 2 N–H and O–H groups in total. The van der Waals surface area contributed by atoms with Crippen LogP contribution in [0.3, 0.4) is 0 Å². The summed E-state index contributed by atoms with van der Waals surface area (Å²) in [5, 5.41) is 13.0. The summed E-state index contributed by atoms with van der Waals surface area (Å²) in [5.41, 5.74) is 0.442. The maximum Gasteiger partial charge on any atom is 0.130 e. The van der Waals surface area contributed by atoms with Crippen molar-refractivity contribution >= 4 is 0 Å². The van der Waals surface area contributed by atoms with Gasteiger partial charge in [-0.3, -0.25) is 0 Å². The molecule has 16 heavy (non-hydrogen) atoms. The van der Waals surface area contributed by atoms with Crippen LogP contribution in [-0.2, 0) is 6.42 Å². The smallest absolute Gasteiger partial charge is 0.130 e. The normalized spacial score (nSPS) is 18.0. The van der Waals surface area contributed by atoms with Gasteiger partial charge in [-0.25, -0.2) is 4.39 Å². The van der Waals surface area contributed by atoms with Crippen molar-refractivity contribution < 1.29 is 14.2 Å². The number of rotatable bonds is 3. The zero-order valence-electron chi connectivity index (χ0n) is 9.51. The molecule has 0 aliphatic carbocycles. The van der Waals surface area contributed by atoms with Crippen LogP contribution in [0.2, 0.25) is 0 Å². The van der Waals surface area contributed by atoms with E-state index in [1.807, 2.05) is 6.92 Å². The van der Waals surface area contributed by atoms with E-state index in [1.54, 1.807) is 6.07 Å². The highest BCUT2D eigenvalue weighted by Crippen LogP contribution is 2.28. The predicted molar refractivity (Wildman–Crippen MR) is 59.2 cm³/mol. The highest BCUT2D eigenvalue weighted by Gasteiger charge is 2.36. The van der Waals surface area contributed by atoms with Gasteiger partial charge in [0.15, 0.2) is 0 Å². The van der Waals surface area contributed by atoms with Gasteiger partial charge in [-0.2, -0.15) is 0 Å². The quantitative estimate of drug-likeness (QED) is 0.807. The third kappa shape index (κ3) is 2.03. The largest absolute Gasteiger partial charge is 0.496 e. The molecule has 88 valence electrons. The van der Waals surface area contributed by atoms with Crippen LogP contribution < -0.4 is 10.1 Å². The minimum atomic E-state index is -0.830. The molecule has 1 saturated heterocycles. The van der Waals surface area contributed by atoms with E-state index in [4.69, 9.17) is 4.74 Å². The van der Waals surface area contributed by atoms with Crippen molar-refractivity contribution in [1.82, 2.24) is 5.32 Å². The summed E-state index contributed by atoms with van der Waals surface area (Å²) < 4.78 is 18.9. The molecule has 1 aliphatic heterocycles. The van der Waals surface area contributed by atoms with Gasteiger partial charge >= 0.3 is 0 Å². The molecule has 1 heterocycles. The van der Waals surface area contributed by atoms with Crippen LogP contribution in [0.5, 0.6) is 5.75 Å². The lowest BCUT2D eigenvalue weighted by Crippen LogP contribution is -2.60. The van der Waals surface area contributed by atoms with Gasteiger partial charge in [-0.05, 0) is 24.6 Å². The van der Waals surface area contributed by atoms with Crippen molar-refractivity contribution in [2.45, 2.75) is 18.9 Å². The summed E-state index contributed by atoms with van der Waals surface area (Å²) in [6.07, 6.45) is 0.287. The average molecular weight is 225 g/mol. The van der Waals surface area contributed by atoms with Gasteiger partial charge in [0.05, 0.1) is 12.7 Å². The van der Waals surface area contributed by atoms with E-state index in [1.165, 1.54) is 13.2 Å². The van der Waals surface area contributed by atoms with E-state index < -0.39 is 5.60 Å². The second kappa shape index (κ2) is 4.03. The number of benzene rings is 1. The number of ether oxygens (including phenoxy) is 1. The fourth-order valence-corrected chi connectivity index (χ4v) is 1.96. The van der Waals surface area contributed by atoms with E-state index in [9.17, 15) is 9.50 Å². The summed E-state index contributed by atoms with van der Waals surface area (Å²) >= 11 is 0. The maximum absolute atomic E-state index is 13.8. The van der Waals surface area contributed by atoms with Crippen LogP contribution in [0, 0.1) is 12.7 Å². The SMILES string of the molecule is COc1cc(C)cc(F)c1CC1(O)CNC1. The van der Waals surface area contributed by atoms with Gasteiger partial charge in [0.2, 0.25) is 0 Å². The Morgan fingerprint density at radius 3 is 2.69 bits per heavy atom. The minimum Gasteiger partial charge on any atom is -0.496 e. The van der Waals surface area contributed by atoms with Crippen molar-refractivity contribution in [3.05, 3.63) is 29.1 Å². The number of methoxy groups -OCH3 is 1.